The number of ether oxygens (including phenoxy) is 1. The van der Waals surface area contributed by atoms with E-state index < -0.39 is 22.2 Å². The lowest BCUT2D eigenvalue weighted by Crippen LogP contribution is -2.52. The molecule has 0 aliphatic carbocycles. The van der Waals surface area contributed by atoms with Crippen molar-refractivity contribution in [3.8, 4) is 0 Å². The quantitative estimate of drug-likeness (QED) is 0.632. The van der Waals surface area contributed by atoms with Gasteiger partial charge in [-0.05, 0) is 27.7 Å². The SMILES string of the molecule is CN1C(=O)CC(C)(c2cncc([N+](=O)[O-])c2)N=C1NC(=O)OC(C)(C)C. The van der Waals surface area contributed by atoms with E-state index in [4.69, 9.17) is 4.74 Å². The van der Waals surface area contributed by atoms with Crippen LogP contribution in [0.2, 0.25) is 0 Å². The number of nitrogens with zero attached hydrogens (tertiary/aromatic N) is 4. The molecule has 0 fully saturated rings. The molecule has 0 saturated carbocycles. The molecule has 1 aliphatic heterocycles. The van der Waals surface area contributed by atoms with Crippen LogP contribution in [0.4, 0.5) is 10.5 Å². The Morgan fingerprint density at radius 2 is 2.08 bits per heavy atom. The lowest BCUT2D eigenvalue weighted by Gasteiger charge is -2.34. The molecular weight excluding hydrogens is 342 g/mol. The van der Waals surface area contributed by atoms with E-state index in [1.165, 1.54) is 24.2 Å². The maximum atomic E-state index is 12.4. The van der Waals surface area contributed by atoms with Crippen molar-refractivity contribution >= 4 is 23.6 Å². The van der Waals surface area contributed by atoms with E-state index in [2.05, 4.69) is 15.3 Å². The van der Waals surface area contributed by atoms with Gasteiger partial charge in [-0.3, -0.25) is 30.1 Å². The first-order valence-electron chi connectivity index (χ1n) is 7.88. The van der Waals surface area contributed by atoms with Crippen LogP contribution in [0.25, 0.3) is 0 Å². The van der Waals surface area contributed by atoms with Crippen LogP contribution in [-0.2, 0) is 15.1 Å². The molecule has 1 unspecified atom stereocenters. The minimum absolute atomic E-state index is 0.00417. The van der Waals surface area contributed by atoms with Crippen molar-refractivity contribution in [3.63, 3.8) is 0 Å². The zero-order valence-electron chi connectivity index (χ0n) is 15.3. The van der Waals surface area contributed by atoms with Crippen molar-refractivity contribution in [2.45, 2.75) is 45.3 Å². The molecule has 0 bridgehead atoms. The van der Waals surface area contributed by atoms with Crippen LogP contribution in [0.1, 0.15) is 39.7 Å². The number of carbonyl (C=O) groups excluding carboxylic acids is 2. The van der Waals surface area contributed by atoms with Crippen molar-refractivity contribution in [3.05, 3.63) is 34.1 Å². The van der Waals surface area contributed by atoms with Gasteiger partial charge in [-0.15, -0.1) is 0 Å². The fourth-order valence-corrected chi connectivity index (χ4v) is 2.37. The first-order valence-corrected chi connectivity index (χ1v) is 7.88. The molecule has 2 heterocycles. The molecule has 2 rings (SSSR count). The number of aliphatic imine (C=N–C) groups is 1. The molecule has 1 aromatic heterocycles. The van der Waals surface area contributed by atoms with Crippen LogP contribution in [0.5, 0.6) is 0 Å². The van der Waals surface area contributed by atoms with Crippen LogP contribution in [0.15, 0.2) is 23.5 Å². The maximum Gasteiger partial charge on any atom is 0.414 e. The molecule has 1 N–H and O–H groups in total. The number of amides is 2. The summed E-state index contributed by atoms with van der Waals surface area (Å²) in [7, 11) is 1.48. The highest BCUT2D eigenvalue weighted by molar-refractivity contribution is 6.04. The molecule has 1 aliphatic rings. The molecule has 0 saturated heterocycles. The Morgan fingerprint density at radius 3 is 2.65 bits per heavy atom. The van der Waals surface area contributed by atoms with Gasteiger partial charge < -0.3 is 4.74 Å². The van der Waals surface area contributed by atoms with Crippen LogP contribution >= 0.6 is 0 Å². The third-order valence-corrected chi connectivity index (χ3v) is 3.71. The number of hydrogen-bond donors (Lipinski definition) is 1. The summed E-state index contributed by atoms with van der Waals surface area (Å²) in [6.45, 7) is 6.78. The average Bonchev–Trinajstić information content (AvgIpc) is 2.50. The van der Waals surface area contributed by atoms with Gasteiger partial charge in [0, 0.05) is 24.9 Å². The minimum Gasteiger partial charge on any atom is -0.444 e. The average molecular weight is 363 g/mol. The van der Waals surface area contributed by atoms with Gasteiger partial charge in [0.2, 0.25) is 11.9 Å². The standard InChI is InChI=1S/C16H21N5O5/c1-15(2,3)26-14(23)18-13-19-16(4,7-12(22)20(13)5)10-6-11(21(24)25)9-17-8-10/h6,8-9H,7H2,1-5H3,(H,18,19,23). The van der Waals surface area contributed by atoms with Crippen molar-refractivity contribution in [2.75, 3.05) is 7.05 Å². The smallest absolute Gasteiger partial charge is 0.414 e. The summed E-state index contributed by atoms with van der Waals surface area (Å²) in [5.41, 5.74) is -1.62. The predicted molar refractivity (Wildman–Crippen MR) is 92.4 cm³/mol. The van der Waals surface area contributed by atoms with E-state index in [1.807, 2.05) is 0 Å². The van der Waals surface area contributed by atoms with Gasteiger partial charge in [-0.1, -0.05) is 0 Å². The van der Waals surface area contributed by atoms with Crippen LogP contribution in [0.3, 0.4) is 0 Å². The van der Waals surface area contributed by atoms with E-state index >= 15 is 0 Å². The lowest BCUT2D eigenvalue weighted by molar-refractivity contribution is -0.385. The second-order valence-corrected chi connectivity index (χ2v) is 7.15. The Kier molecular flexibility index (Phi) is 4.97. The fraction of sp³-hybridized carbons (Fsp3) is 0.500. The second kappa shape index (κ2) is 6.70. The van der Waals surface area contributed by atoms with Crippen molar-refractivity contribution < 1.29 is 19.2 Å². The Labute approximate surface area is 150 Å². The van der Waals surface area contributed by atoms with Crippen molar-refractivity contribution in [1.29, 1.82) is 0 Å². The van der Waals surface area contributed by atoms with Crippen molar-refractivity contribution in [2.24, 2.45) is 4.99 Å². The summed E-state index contributed by atoms with van der Waals surface area (Å²) in [4.78, 5) is 44.3. The number of alkyl carbamates (subject to hydrolysis) is 1. The summed E-state index contributed by atoms with van der Waals surface area (Å²) in [6.07, 6.45) is 1.76. The number of pyridine rings is 1. The highest BCUT2D eigenvalue weighted by Gasteiger charge is 2.38. The molecule has 1 aromatic rings. The Balaban J connectivity index is 2.38. The largest absolute Gasteiger partial charge is 0.444 e. The van der Waals surface area contributed by atoms with Gasteiger partial charge in [-0.2, -0.15) is 0 Å². The zero-order chi connectivity index (χ0) is 19.7. The van der Waals surface area contributed by atoms with Gasteiger partial charge in [0.1, 0.15) is 11.8 Å². The lowest BCUT2D eigenvalue weighted by atomic mass is 9.88. The third-order valence-electron chi connectivity index (χ3n) is 3.71. The van der Waals surface area contributed by atoms with Gasteiger partial charge in [0.05, 0.1) is 16.9 Å². The minimum atomic E-state index is -1.10. The molecule has 140 valence electrons. The van der Waals surface area contributed by atoms with E-state index in [9.17, 15) is 19.7 Å². The maximum absolute atomic E-state index is 12.4. The molecule has 0 spiro atoms. The number of hydrogen-bond acceptors (Lipinski definition) is 7. The summed E-state index contributed by atoms with van der Waals surface area (Å²) < 4.78 is 5.18. The molecule has 0 aromatic carbocycles. The monoisotopic (exact) mass is 363 g/mol. The summed E-state index contributed by atoms with van der Waals surface area (Å²) in [6, 6.07) is 1.32. The van der Waals surface area contributed by atoms with E-state index in [1.54, 1.807) is 27.7 Å². The summed E-state index contributed by atoms with van der Waals surface area (Å²) in [5, 5.41) is 13.4. The van der Waals surface area contributed by atoms with Crippen LogP contribution < -0.4 is 5.32 Å². The van der Waals surface area contributed by atoms with Crippen molar-refractivity contribution in [1.82, 2.24) is 15.2 Å². The highest BCUT2D eigenvalue weighted by atomic mass is 16.6. The van der Waals surface area contributed by atoms with Crippen LogP contribution in [-0.4, -0.2) is 45.4 Å². The van der Waals surface area contributed by atoms with Gasteiger partial charge >= 0.3 is 6.09 Å². The Morgan fingerprint density at radius 1 is 1.42 bits per heavy atom. The number of aromatic nitrogens is 1. The molecule has 10 heteroatoms. The fourth-order valence-electron chi connectivity index (χ4n) is 2.37. The van der Waals surface area contributed by atoms with Gasteiger partial charge in [0.25, 0.3) is 5.69 Å². The molecule has 2 amide bonds. The third kappa shape index (κ3) is 4.32. The van der Waals surface area contributed by atoms with E-state index in [0.29, 0.717) is 5.56 Å². The number of rotatable bonds is 2. The molecule has 10 nitrogen and oxygen atoms in total. The number of nitrogens with one attached hydrogen (secondary N) is 1. The molecule has 1 atom stereocenters. The normalized spacial score (nSPS) is 20.4. The molecular formula is C16H21N5O5. The second-order valence-electron chi connectivity index (χ2n) is 7.15. The number of carbonyl (C=O) groups is 2. The number of nitro groups is 1. The predicted octanol–water partition coefficient (Wildman–Crippen LogP) is 1.95. The summed E-state index contributed by atoms with van der Waals surface area (Å²) in [5.74, 6) is -0.301. The first kappa shape index (κ1) is 19.3. The Bertz CT molecular complexity index is 785. The topological polar surface area (TPSA) is 127 Å². The zero-order valence-corrected chi connectivity index (χ0v) is 15.3. The van der Waals surface area contributed by atoms with Gasteiger partial charge in [-0.25, -0.2) is 9.79 Å². The Hall–Kier alpha value is -3.04. The molecule has 0 radical (unpaired) electrons. The van der Waals surface area contributed by atoms with Crippen LogP contribution in [0, 0.1) is 10.1 Å². The number of guanidine groups is 1. The van der Waals surface area contributed by atoms with E-state index in [-0.39, 0.29) is 24.0 Å². The molecule has 26 heavy (non-hydrogen) atoms. The van der Waals surface area contributed by atoms with E-state index in [0.717, 1.165) is 6.20 Å². The summed E-state index contributed by atoms with van der Waals surface area (Å²) >= 11 is 0. The first-order chi connectivity index (χ1) is 11.9. The van der Waals surface area contributed by atoms with Gasteiger partial charge in [0.15, 0.2) is 0 Å². The highest BCUT2D eigenvalue weighted by Crippen LogP contribution is 2.34.